The van der Waals surface area contributed by atoms with Gasteiger partial charge in [0.05, 0.1) is 0 Å². The van der Waals surface area contributed by atoms with Crippen LogP contribution in [0.1, 0.15) is 42.6 Å². The summed E-state index contributed by atoms with van der Waals surface area (Å²) in [5, 5.41) is 14.0. The Morgan fingerprint density at radius 1 is 1.44 bits per heavy atom. The number of rotatable bonds is 10. The van der Waals surface area contributed by atoms with Crippen LogP contribution in [0.4, 0.5) is 0 Å². The van der Waals surface area contributed by atoms with E-state index in [1.165, 1.54) is 48.9 Å². The average molecular weight is 413 g/mol. The maximum absolute atomic E-state index is 12.2. The molecule has 150 valence electrons. The number of likely N-dealkylation sites (tertiary alicyclic amines) is 2. The van der Waals surface area contributed by atoms with Crippen molar-refractivity contribution in [1.29, 1.82) is 0 Å². The molecule has 3 rings (SSSR count). The second-order valence-corrected chi connectivity index (χ2v) is 9.40. The first-order valence-corrected chi connectivity index (χ1v) is 11.4. The van der Waals surface area contributed by atoms with Crippen molar-refractivity contribution in [3.8, 4) is 0 Å². The van der Waals surface area contributed by atoms with Gasteiger partial charge in [0.1, 0.15) is 0 Å². The van der Waals surface area contributed by atoms with Gasteiger partial charge in [0.25, 0.3) is 0 Å². The zero-order chi connectivity index (χ0) is 19.2. The minimum absolute atomic E-state index is 0.0923. The minimum atomic E-state index is -0.997. The summed E-state index contributed by atoms with van der Waals surface area (Å²) in [5.74, 6) is -0.0344. The maximum Gasteiger partial charge on any atom is 0.355 e. The second-order valence-electron chi connectivity index (χ2n) is 7.20. The molecule has 0 saturated carbocycles. The number of carbonyl (C=O) groups is 2. The maximum atomic E-state index is 12.2. The summed E-state index contributed by atoms with van der Waals surface area (Å²) in [6.07, 6.45) is 5.31. The monoisotopic (exact) mass is 412 g/mol. The molecular weight excluding hydrogens is 384 g/mol. The molecule has 0 aliphatic carbocycles. The van der Waals surface area contributed by atoms with Crippen LogP contribution in [0.3, 0.4) is 0 Å². The quantitative estimate of drug-likeness (QED) is 0.449. The molecule has 1 aromatic heterocycles. The number of aromatic nitrogens is 1. The Kier molecular flexibility index (Phi) is 7.51. The number of thiazole rings is 1. The molecule has 27 heavy (non-hydrogen) atoms. The highest BCUT2D eigenvalue weighted by atomic mass is 32.2. The number of carboxylic acids is 1. The predicted octanol–water partition coefficient (Wildman–Crippen LogP) is 2.00. The van der Waals surface area contributed by atoms with Gasteiger partial charge in [-0.3, -0.25) is 4.79 Å². The molecule has 1 unspecified atom stereocenters. The molecule has 1 aromatic rings. The molecule has 0 bridgehead atoms. The van der Waals surface area contributed by atoms with Crippen molar-refractivity contribution in [3.63, 3.8) is 0 Å². The molecule has 0 radical (unpaired) electrons. The normalized spacial score (nSPS) is 23.4. The van der Waals surface area contributed by atoms with Gasteiger partial charge in [0.2, 0.25) is 5.91 Å². The van der Waals surface area contributed by atoms with Crippen LogP contribution in [-0.2, 0) is 4.79 Å². The SMILES string of the molecule is CN1CCCC1CCNC[C@H]1CCC(=O)N1CCSc1nc(C(=O)O)cs1. The van der Waals surface area contributed by atoms with Gasteiger partial charge >= 0.3 is 5.97 Å². The number of hydrogen-bond acceptors (Lipinski definition) is 7. The zero-order valence-electron chi connectivity index (χ0n) is 15.7. The van der Waals surface area contributed by atoms with E-state index >= 15 is 0 Å². The van der Waals surface area contributed by atoms with Gasteiger partial charge in [0, 0.05) is 42.7 Å². The first-order valence-electron chi connectivity index (χ1n) is 9.56. The number of hydrogen-bond donors (Lipinski definition) is 2. The zero-order valence-corrected chi connectivity index (χ0v) is 17.4. The first kappa shape index (κ1) is 20.6. The molecule has 2 atom stereocenters. The number of nitrogens with one attached hydrogen (secondary N) is 1. The summed E-state index contributed by atoms with van der Waals surface area (Å²) < 4.78 is 0.745. The Morgan fingerprint density at radius 2 is 2.30 bits per heavy atom. The molecule has 2 aliphatic rings. The van der Waals surface area contributed by atoms with Gasteiger partial charge in [-0.2, -0.15) is 0 Å². The molecule has 9 heteroatoms. The van der Waals surface area contributed by atoms with Crippen LogP contribution >= 0.6 is 23.1 Å². The molecule has 1 amide bonds. The Labute approximate surface area is 168 Å². The third-order valence-electron chi connectivity index (χ3n) is 5.42. The van der Waals surface area contributed by atoms with Gasteiger partial charge in [-0.05, 0) is 45.8 Å². The fourth-order valence-electron chi connectivity index (χ4n) is 3.85. The van der Waals surface area contributed by atoms with Gasteiger partial charge in [0.15, 0.2) is 10.0 Å². The average Bonchev–Trinajstić information content (AvgIpc) is 3.35. The predicted molar refractivity (Wildman–Crippen MR) is 108 cm³/mol. The minimum Gasteiger partial charge on any atom is -0.476 e. The van der Waals surface area contributed by atoms with E-state index in [9.17, 15) is 9.59 Å². The molecule has 3 heterocycles. The van der Waals surface area contributed by atoms with Crippen molar-refractivity contribution in [2.45, 2.75) is 48.5 Å². The van der Waals surface area contributed by atoms with Gasteiger partial charge in [-0.1, -0.05) is 11.8 Å². The number of amides is 1. The molecular formula is C18H28N4O3S2. The Bertz CT molecular complexity index is 654. The fourth-order valence-corrected chi connectivity index (χ4v) is 5.66. The molecule has 2 fully saturated rings. The van der Waals surface area contributed by atoms with E-state index in [1.807, 2.05) is 4.90 Å². The van der Waals surface area contributed by atoms with Crippen LogP contribution in [0.5, 0.6) is 0 Å². The molecule has 0 spiro atoms. The second kappa shape index (κ2) is 9.86. The standard InChI is InChI=1S/C18H28N4O3S2/c1-21-8-2-3-13(21)6-7-19-11-14-4-5-16(23)22(14)9-10-26-18-20-15(12-27-18)17(24)25/h12-14,19H,2-11H2,1H3,(H,24,25)/t13?,14-/m1/s1. The van der Waals surface area contributed by atoms with Crippen LogP contribution in [0.25, 0.3) is 0 Å². The number of carboxylic acid groups (broad SMARTS) is 1. The van der Waals surface area contributed by atoms with Crippen molar-refractivity contribution >= 4 is 35.0 Å². The van der Waals surface area contributed by atoms with Gasteiger partial charge in [-0.15, -0.1) is 11.3 Å². The number of nitrogens with zero attached hydrogens (tertiary/aromatic N) is 3. The van der Waals surface area contributed by atoms with Crippen LogP contribution in [0, 0.1) is 0 Å². The number of aromatic carboxylic acids is 1. The third-order valence-corrected chi connectivity index (χ3v) is 7.42. The largest absolute Gasteiger partial charge is 0.476 e. The molecule has 2 N–H and O–H groups in total. The molecule has 2 saturated heterocycles. The Balaban J connectivity index is 1.37. The summed E-state index contributed by atoms with van der Waals surface area (Å²) in [6.45, 7) is 3.75. The lowest BCUT2D eigenvalue weighted by atomic mass is 10.1. The summed E-state index contributed by atoms with van der Waals surface area (Å²) in [4.78, 5) is 31.6. The van der Waals surface area contributed by atoms with Crippen LogP contribution < -0.4 is 5.32 Å². The first-order chi connectivity index (χ1) is 13.0. The van der Waals surface area contributed by atoms with E-state index in [4.69, 9.17) is 5.11 Å². The van der Waals surface area contributed by atoms with Crippen molar-refractivity contribution < 1.29 is 14.7 Å². The lowest BCUT2D eigenvalue weighted by Crippen LogP contribution is -2.42. The van der Waals surface area contributed by atoms with Crippen molar-refractivity contribution in [1.82, 2.24) is 20.1 Å². The number of thioether (sulfide) groups is 1. The topological polar surface area (TPSA) is 85.8 Å². The van der Waals surface area contributed by atoms with Gasteiger partial charge < -0.3 is 20.2 Å². The van der Waals surface area contributed by atoms with Crippen LogP contribution in [-0.4, -0.2) is 82.8 Å². The van der Waals surface area contributed by atoms with E-state index in [2.05, 4.69) is 22.2 Å². The van der Waals surface area contributed by atoms with E-state index in [1.54, 1.807) is 5.38 Å². The van der Waals surface area contributed by atoms with E-state index in [0.717, 1.165) is 29.6 Å². The molecule has 0 aromatic carbocycles. The Hall–Kier alpha value is -1.16. The highest BCUT2D eigenvalue weighted by Crippen LogP contribution is 2.25. The van der Waals surface area contributed by atoms with Crippen LogP contribution in [0.15, 0.2) is 9.72 Å². The van der Waals surface area contributed by atoms with Gasteiger partial charge in [-0.25, -0.2) is 9.78 Å². The van der Waals surface area contributed by atoms with Crippen molar-refractivity contribution in [2.75, 3.05) is 39.0 Å². The highest BCUT2D eigenvalue weighted by Gasteiger charge is 2.30. The Morgan fingerprint density at radius 3 is 3.00 bits per heavy atom. The summed E-state index contributed by atoms with van der Waals surface area (Å²) in [7, 11) is 2.20. The van der Waals surface area contributed by atoms with E-state index in [0.29, 0.717) is 19.0 Å². The summed E-state index contributed by atoms with van der Waals surface area (Å²) in [6, 6.07) is 0.967. The summed E-state index contributed by atoms with van der Waals surface area (Å²) >= 11 is 2.86. The van der Waals surface area contributed by atoms with E-state index < -0.39 is 5.97 Å². The highest BCUT2D eigenvalue weighted by molar-refractivity contribution is 8.01. The smallest absolute Gasteiger partial charge is 0.355 e. The molecule has 7 nitrogen and oxygen atoms in total. The molecule has 2 aliphatic heterocycles. The van der Waals surface area contributed by atoms with Crippen LogP contribution in [0.2, 0.25) is 0 Å². The lowest BCUT2D eigenvalue weighted by Gasteiger charge is -2.25. The van der Waals surface area contributed by atoms with E-state index in [-0.39, 0.29) is 17.6 Å². The summed E-state index contributed by atoms with van der Waals surface area (Å²) in [5.41, 5.74) is 0.0923. The number of carbonyl (C=O) groups excluding carboxylic acids is 1. The lowest BCUT2D eigenvalue weighted by molar-refractivity contribution is -0.128. The van der Waals surface area contributed by atoms with Crippen molar-refractivity contribution in [2.24, 2.45) is 0 Å². The fraction of sp³-hybridized carbons (Fsp3) is 0.722. The van der Waals surface area contributed by atoms with Crippen molar-refractivity contribution in [3.05, 3.63) is 11.1 Å². The third kappa shape index (κ3) is 5.66.